The van der Waals surface area contributed by atoms with Gasteiger partial charge in [-0.15, -0.1) is 0 Å². The molecule has 0 bridgehead atoms. The summed E-state index contributed by atoms with van der Waals surface area (Å²) in [5.74, 6) is 0.297. The van der Waals surface area contributed by atoms with E-state index in [0.29, 0.717) is 43.7 Å². The summed E-state index contributed by atoms with van der Waals surface area (Å²) in [6.45, 7) is 1.04. The van der Waals surface area contributed by atoms with Crippen LogP contribution in [0.25, 0.3) is 0 Å². The number of carbonyl (C=O) groups is 2. The first kappa shape index (κ1) is 23.0. The fourth-order valence-corrected chi connectivity index (χ4v) is 5.19. The Labute approximate surface area is 203 Å². The molecule has 0 saturated carbocycles. The van der Waals surface area contributed by atoms with Gasteiger partial charge in [-0.2, -0.15) is 0 Å². The summed E-state index contributed by atoms with van der Waals surface area (Å²) >= 11 is 0. The van der Waals surface area contributed by atoms with E-state index in [4.69, 9.17) is 4.74 Å². The van der Waals surface area contributed by atoms with Crippen molar-refractivity contribution in [2.75, 3.05) is 20.1 Å². The van der Waals surface area contributed by atoms with E-state index in [0.717, 1.165) is 12.0 Å². The van der Waals surface area contributed by atoms with Crippen LogP contribution in [0, 0.1) is 11.2 Å². The summed E-state index contributed by atoms with van der Waals surface area (Å²) in [6.07, 6.45) is 5.90. The number of amides is 2. The largest absolute Gasteiger partial charge is 0.424 e. The summed E-state index contributed by atoms with van der Waals surface area (Å²) in [5, 5.41) is 0. The molecule has 180 valence electrons. The minimum absolute atomic E-state index is 0.0734. The summed E-state index contributed by atoms with van der Waals surface area (Å²) in [4.78, 5) is 38.2. The third-order valence-electron chi connectivity index (χ3n) is 7.17. The molecule has 0 aliphatic carbocycles. The fourth-order valence-electron chi connectivity index (χ4n) is 5.19. The maximum Gasteiger partial charge on any atom is 0.321 e. The van der Waals surface area contributed by atoms with Gasteiger partial charge in [0.2, 0.25) is 5.91 Å². The highest BCUT2D eigenvalue weighted by Crippen LogP contribution is 2.45. The number of halogens is 1. The molecule has 2 saturated heterocycles. The molecule has 5 rings (SSSR count). The highest BCUT2D eigenvalue weighted by Gasteiger charge is 2.51. The van der Waals surface area contributed by atoms with Crippen molar-refractivity contribution < 1.29 is 18.7 Å². The topological polar surface area (TPSA) is 75.6 Å². The van der Waals surface area contributed by atoms with Crippen LogP contribution in [-0.2, 0) is 11.2 Å². The molecule has 0 N–H and O–H groups in total. The molecule has 3 aromatic rings. The molecule has 2 aliphatic rings. The molecule has 3 heterocycles. The molecule has 2 amide bonds. The van der Waals surface area contributed by atoms with Crippen LogP contribution in [0.4, 0.5) is 4.39 Å². The number of rotatable bonds is 5. The zero-order valence-corrected chi connectivity index (χ0v) is 19.6. The fraction of sp³-hybridized carbons (Fsp3) is 0.333. The van der Waals surface area contributed by atoms with Crippen molar-refractivity contribution in [2.45, 2.75) is 31.7 Å². The van der Waals surface area contributed by atoms with Crippen molar-refractivity contribution in [3.8, 4) is 11.8 Å². The Hall–Kier alpha value is -3.81. The van der Waals surface area contributed by atoms with Gasteiger partial charge in [0.25, 0.3) is 5.91 Å². The van der Waals surface area contributed by atoms with Gasteiger partial charge in [0.15, 0.2) is 0 Å². The lowest BCUT2D eigenvalue weighted by Gasteiger charge is -2.37. The van der Waals surface area contributed by atoms with Crippen molar-refractivity contribution in [1.29, 1.82) is 0 Å². The number of likely N-dealkylation sites (N-methyl/N-ethyl adjacent to an activating group) is 1. The van der Waals surface area contributed by atoms with Crippen LogP contribution in [0.5, 0.6) is 11.8 Å². The quantitative estimate of drug-likeness (QED) is 0.557. The van der Waals surface area contributed by atoms with Crippen LogP contribution >= 0.6 is 0 Å². The smallest absolute Gasteiger partial charge is 0.321 e. The standard InChI is InChI=1S/C27H27FN4O3/c1-31-22(16-19-6-8-21(28)9-7-19)18-27(25(31)34)10-14-32(15-11-27)24(33)20-4-2-5-23(17-20)35-26-29-12-3-13-30-26/h2-9,12-13,17,22H,10-11,14-16,18H2,1H3/t22-/m1/s1. The van der Waals surface area contributed by atoms with E-state index in [9.17, 15) is 14.0 Å². The molecule has 2 aromatic carbocycles. The molecule has 7 nitrogen and oxygen atoms in total. The molecule has 35 heavy (non-hydrogen) atoms. The Balaban J connectivity index is 1.23. The third kappa shape index (κ3) is 4.73. The van der Waals surface area contributed by atoms with Crippen molar-refractivity contribution in [3.63, 3.8) is 0 Å². The number of benzene rings is 2. The average molecular weight is 475 g/mol. The van der Waals surface area contributed by atoms with E-state index in [1.807, 2.05) is 16.8 Å². The van der Waals surface area contributed by atoms with Crippen molar-refractivity contribution in [1.82, 2.24) is 19.8 Å². The Kier molecular flexibility index (Phi) is 6.19. The predicted molar refractivity (Wildman–Crippen MR) is 127 cm³/mol. The molecule has 1 aromatic heterocycles. The third-order valence-corrected chi connectivity index (χ3v) is 7.17. The number of piperidine rings is 1. The Bertz CT molecular complexity index is 1210. The van der Waals surface area contributed by atoms with Crippen LogP contribution in [0.15, 0.2) is 67.0 Å². The predicted octanol–water partition coefficient (Wildman–Crippen LogP) is 4.10. The molecule has 2 aliphatic heterocycles. The van der Waals surface area contributed by atoms with E-state index in [-0.39, 0.29) is 29.7 Å². The SMILES string of the molecule is CN1C(=O)C2(CCN(C(=O)c3cccc(Oc4ncccn4)c3)CC2)C[C@H]1Cc1ccc(F)cc1. The summed E-state index contributed by atoms with van der Waals surface area (Å²) in [5.41, 5.74) is 1.11. The molecular formula is C27H27FN4O3. The Morgan fingerprint density at radius 3 is 2.51 bits per heavy atom. The van der Waals surface area contributed by atoms with Gasteiger partial charge in [0.1, 0.15) is 11.6 Å². The van der Waals surface area contributed by atoms with Crippen molar-refractivity contribution >= 4 is 11.8 Å². The lowest BCUT2D eigenvalue weighted by molar-refractivity contribution is -0.137. The first-order chi connectivity index (χ1) is 16.9. The Morgan fingerprint density at radius 1 is 1.09 bits per heavy atom. The number of aromatic nitrogens is 2. The monoisotopic (exact) mass is 474 g/mol. The van der Waals surface area contributed by atoms with Crippen molar-refractivity contribution in [3.05, 3.63) is 83.9 Å². The number of ether oxygens (including phenoxy) is 1. The maximum absolute atomic E-state index is 13.3. The first-order valence-corrected chi connectivity index (χ1v) is 11.8. The van der Waals surface area contributed by atoms with Crippen LogP contribution in [0.3, 0.4) is 0 Å². The second kappa shape index (κ2) is 9.44. The van der Waals surface area contributed by atoms with Crippen LogP contribution in [0.2, 0.25) is 0 Å². The van der Waals surface area contributed by atoms with E-state index >= 15 is 0 Å². The van der Waals surface area contributed by atoms with Gasteiger partial charge < -0.3 is 14.5 Å². The van der Waals surface area contributed by atoms with Crippen molar-refractivity contribution in [2.24, 2.45) is 5.41 Å². The lowest BCUT2D eigenvalue weighted by atomic mass is 9.75. The van der Waals surface area contributed by atoms with E-state index in [2.05, 4.69) is 9.97 Å². The second-order valence-electron chi connectivity index (χ2n) is 9.34. The summed E-state index contributed by atoms with van der Waals surface area (Å²) in [6, 6.07) is 15.4. The van der Waals surface area contributed by atoms with Gasteiger partial charge in [-0.1, -0.05) is 18.2 Å². The summed E-state index contributed by atoms with van der Waals surface area (Å²) in [7, 11) is 1.85. The number of likely N-dealkylation sites (tertiary alicyclic amines) is 2. The van der Waals surface area contributed by atoms with Gasteiger partial charge in [0, 0.05) is 44.1 Å². The summed E-state index contributed by atoms with van der Waals surface area (Å²) < 4.78 is 18.9. The highest BCUT2D eigenvalue weighted by molar-refractivity contribution is 5.95. The molecule has 8 heteroatoms. The minimum Gasteiger partial charge on any atom is -0.424 e. The van der Waals surface area contributed by atoms with E-state index < -0.39 is 5.41 Å². The van der Waals surface area contributed by atoms with Gasteiger partial charge >= 0.3 is 6.01 Å². The molecule has 2 fully saturated rings. The second-order valence-corrected chi connectivity index (χ2v) is 9.34. The highest BCUT2D eigenvalue weighted by atomic mass is 19.1. The normalized spacial score (nSPS) is 19.3. The van der Waals surface area contributed by atoms with Crippen LogP contribution in [0.1, 0.15) is 35.2 Å². The van der Waals surface area contributed by atoms with Gasteiger partial charge in [-0.3, -0.25) is 9.59 Å². The van der Waals surface area contributed by atoms with Crippen LogP contribution in [-0.4, -0.2) is 57.8 Å². The van der Waals surface area contributed by atoms with Gasteiger partial charge in [-0.25, -0.2) is 14.4 Å². The van der Waals surface area contributed by atoms with Gasteiger partial charge in [-0.05, 0) is 67.6 Å². The molecule has 1 spiro atoms. The first-order valence-electron chi connectivity index (χ1n) is 11.8. The lowest BCUT2D eigenvalue weighted by Crippen LogP contribution is -2.46. The molecule has 0 radical (unpaired) electrons. The number of hydrogen-bond donors (Lipinski definition) is 0. The van der Waals surface area contributed by atoms with Crippen LogP contribution < -0.4 is 4.74 Å². The molecule has 1 atom stereocenters. The minimum atomic E-state index is -0.439. The maximum atomic E-state index is 13.3. The number of nitrogens with zero attached hydrogens (tertiary/aromatic N) is 4. The zero-order valence-electron chi connectivity index (χ0n) is 19.6. The average Bonchev–Trinajstić information content (AvgIpc) is 3.10. The number of carbonyl (C=O) groups excluding carboxylic acids is 2. The molecular weight excluding hydrogens is 447 g/mol. The zero-order chi connectivity index (χ0) is 24.4. The van der Waals surface area contributed by atoms with E-state index in [1.54, 1.807) is 54.9 Å². The Morgan fingerprint density at radius 2 is 1.80 bits per heavy atom. The molecule has 0 unspecified atom stereocenters. The van der Waals surface area contributed by atoms with E-state index in [1.165, 1.54) is 12.1 Å². The van der Waals surface area contributed by atoms with Gasteiger partial charge in [0.05, 0.1) is 5.41 Å². The number of hydrogen-bond acceptors (Lipinski definition) is 5.